The molecule has 3 aromatic carbocycles. The number of amides is 1. The van der Waals surface area contributed by atoms with Gasteiger partial charge in [0.1, 0.15) is 10.8 Å². The summed E-state index contributed by atoms with van der Waals surface area (Å²) in [5, 5.41) is 3.94. The van der Waals surface area contributed by atoms with Crippen LogP contribution in [-0.4, -0.2) is 17.5 Å². The zero-order valence-electron chi connectivity index (χ0n) is 16.2. The second kappa shape index (κ2) is 8.88. The van der Waals surface area contributed by atoms with Crippen molar-refractivity contribution >= 4 is 33.1 Å². The standard InChI is InChI=1S/C24H22N2O2S/c1-17-12-14-18(15-13-17)28-16-6-11-23(27)25-20-8-3-2-7-19(20)24-26-21-9-4-5-10-22(21)29-24/h2-5,7-10,12-15H,6,11,16H2,1H3,(H,25,27). The molecule has 0 bridgehead atoms. The lowest BCUT2D eigenvalue weighted by Crippen LogP contribution is -2.13. The molecule has 146 valence electrons. The Morgan fingerprint density at radius 1 is 1.00 bits per heavy atom. The van der Waals surface area contributed by atoms with Crippen LogP contribution in [0.4, 0.5) is 5.69 Å². The van der Waals surface area contributed by atoms with Crippen molar-refractivity contribution < 1.29 is 9.53 Å². The van der Waals surface area contributed by atoms with Gasteiger partial charge in [-0.15, -0.1) is 11.3 Å². The van der Waals surface area contributed by atoms with E-state index in [0.29, 0.717) is 19.4 Å². The number of thiazole rings is 1. The smallest absolute Gasteiger partial charge is 0.224 e. The molecule has 0 spiro atoms. The van der Waals surface area contributed by atoms with Gasteiger partial charge in [-0.1, -0.05) is 42.0 Å². The van der Waals surface area contributed by atoms with Gasteiger partial charge in [-0.05, 0) is 49.7 Å². The fourth-order valence-corrected chi connectivity index (χ4v) is 4.04. The van der Waals surface area contributed by atoms with Gasteiger partial charge in [-0.2, -0.15) is 0 Å². The topological polar surface area (TPSA) is 51.2 Å². The molecule has 0 fully saturated rings. The van der Waals surface area contributed by atoms with Gasteiger partial charge in [0, 0.05) is 12.0 Å². The fraction of sp³-hybridized carbons (Fsp3) is 0.167. The minimum absolute atomic E-state index is 0.0222. The van der Waals surface area contributed by atoms with Crippen molar-refractivity contribution in [1.29, 1.82) is 0 Å². The molecule has 0 saturated carbocycles. The number of carbonyl (C=O) groups excluding carboxylic acids is 1. The Hall–Kier alpha value is -3.18. The molecule has 0 saturated heterocycles. The van der Waals surface area contributed by atoms with E-state index < -0.39 is 0 Å². The summed E-state index contributed by atoms with van der Waals surface area (Å²) in [6.07, 6.45) is 1.06. The molecular formula is C24H22N2O2S. The molecule has 4 nitrogen and oxygen atoms in total. The molecule has 1 N–H and O–H groups in total. The molecule has 0 aliphatic rings. The van der Waals surface area contributed by atoms with Gasteiger partial charge in [-0.25, -0.2) is 4.98 Å². The van der Waals surface area contributed by atoms with Crippen LogP contribution >= 0.6 is 11.3 Å². The predicted molar refractivity (Wildman–Crippen MR) is 120 cm³/mol. The second-order valence-corrected chi connectivity index (χ2v) is 7.88. The van der Waals surface area contributed by atoms with Crippen LogP contribution in [0, 0.1) is 6.92 Å². The van der Waals surface area contributed by atoms with Crippen molar-refractivity contribution in [3.8, 4) is 16.3 Å². The van der Waals surface area contributed by atoms with Crippen LogP contribution in [0.1, 0.15) is 18.4 Å². The SMILES string of the molecule is Cc1ccc(OCCCC(=O)Nc2ccccc2-c2nc3ccccc3s2)cc1. The normalized spacial score (nSPS) is 10.8. The van der Waals surface area contributed by atoms with E-state index in [9.17, 15) is 4.79 Å². The first-order chi connectivity index (χ1) is 14.2. The van der Waals surface area contributed by atoms with Crippen LogP contribution in [0.15, 0.2) is 72.8 Å². The number of carbonyl (C=O) groups is 1. The quantitative estimate of drug-likeness (QED) is 0.382. The number of fused-ring (bicyclic) bond motifs is 1. The number of ether oxygens (including phenoxy) is 1. The zero-order chi connectivity index (χ0) is 20.1. The van der Waals surface area contributed by atoms with Crippen molar-refractivity contribution in [3.05, 3.63) is 78.4 Å². The molecule has 0 unspecified atom stereocenters. The van der Waals surface area contributed by atoms with Crippen LogP contribution in [0.2, 0.25) is 0 Å². The predicted octanol–water partition coefficient (Wildman–Crippen LogP) is 6.07. The highest BCUT2D eigenvalue weighted by Crippen LogP contribution is 2.34. The van der Waals surface area contributed by atoms with E-state index in [2.05, 4.69) is 11.4 Å². The molecule has 1 heterocycles. The lowest BCUT2D eigenvalue weighted by Gasteiger charge is -2.10. The van der Waals surface area contributed by atoms with Gasteiger partial charge in [0.25, 0.3) is 0 Å². The maximum Gasteiger partial charge on any atom is 0.224 e. The average molecular weight is 403 g/mol. The lowest BCUT2D eigenvalue weighted by molar-refractivity contribution is -0.116. The number of rotatable bonds is 7. The number of nitrogens with zero attached hydrogens (tertiary/aromatic N) is 1. The number of aromatic nitrogens is 1. The minimum atomic E-state index is -0.0222. The van der Waals surface area contributed by atoms with Crippen LogP contribution in [-0.2, 0) is 4.79 Å². The van der Waals surface area contributed by atoms with Gasteiger partial charge >= 0.3 is 0 Å². The summed E-state index contributed by atoms with van der Waals surface area (Å²) in [7, 11) is 0. The van der Waals surface area contributed by atoms with Gasteiger partial charge in [0.05, 0.1) is 22.5 Å². The second-order valence-electron chi connectivity index (χ2n) is 6.85. The van der Waals surface area contributed by atoms with E-state index in [1.165, 1.54) is 5.56 Å². The van der Waals surface area contributed by atoms with E-state index in [1.54, 1.807) is 11.3 Å². The first kappa shape index (κ1) is 19.2. The number of hydrogen-bond donors (Lipinski definition) is 1. The van der Waals surface area contributed by atoms with Crippen molar-refractivity contribution in [2.45, 2.75) is 19.8 Å². The van der Waals surface area contributed by atoms with E-state index in [-0.39, 0.29) is 5.91 Å². The Morgan fingerprint density at radius 3 is 2.59 bits per heavy atom. The number of nitrogens with one attached hydrogen (secondary N) is 1. The molecule has 4 aromatic rings. The molecule has 0 aliphatic heterocycles. The molecule has 1 amide bonds. The van der Waals surface area contributed by atoms with Gasteiger partial charge in [0.2, 0.25) is 5.91 Å². The maximum absolute atomic E-state index is 12.4. The van der Waals surface area contributed by atoms with Gasteiger partial charge in [-0.3, -0.25) is 4.79 Å². The summed E-state index contributed by atoms with van der Waals surface area (Å²) >= 11 is 1.63. The largest absolute Gasteiger partial charge is 0.494 e. The Balaban J connectivity index is 1.36. The summed E-state index contributed by atoms with van der Waals surface area (Å²) in [5.74, 6) is 0.809. The maximum atomic E-state index is 12.4. The monoisotopic (exact) mass is 402 g/mol. The Bertz CT molecular complexity index is 1090. The van der Waals surface area contributed by atoms with Gasteiger partial charge < -0.3 is 10.1 Å². The number of hydrogen-bond acceptors (Lipinski definition) is 4. The molecule has 29 heavy (non-hydrogen) atoms. The summed E-state index contributed by atoms with van der Waals surface area (Å²) in [6.45, 7) is 2.55. The first-order valence-electron chi connectivity index (χ1n) is 9.63. The first-order valence-corrected chi connectivity index (χ1v) is 10.4. The van der Waals surface area contributed by atoms with Crippen molar-refractivity contribution in [2.75, 3.05) is 11.9 Å². The summed E-state index contributed by atoms with van der Waals surface area (Å²) in [4.78, 5) is 17.2. The van der Waals surface area contributed by atoms with Gasteiger partial charge in [0.15, 0.2) is 0 Å². The van der Waals surface area contributed by atoms with E-state index in [0.717, 1.165) is 32.2 Å². The number of benzene rings is 3. The van der Waals surface area contributed by atoms with E-state index >= 15 is 0 Å². The fourth-order valence-electron chi connectivity index (χ4n) is 3.04. The highest BCUT2D eigenvalue weighted by molar-refractivity contribution is 7.21. The molecule has 0 radical (unpaired) electrons. The Kier molecular flexibility index (Phi) is 5.86. The van der Waals surface area contributed by atoms with Crippen LogP contribution in [0.5, 0.6) is 5.75 Å². The zero-order valence-corrected chi connectivity index (χ0v) is 17.0. The van der Waals surface area contributed by atoms with Crippen molar-refractivity contribution in [2.24, 2.45) is 0 Å². The van der Waals surface area contributed by atoms with Crippen LogP contribution in [0.3, 0.4) is 0 Å². The summed E-state index contributed by atoms with van der Waals surface area (Å²) < 4.78 is 6.84. The number of para-hydroxylation sites is 2. The minimum Gasteiger partial charge on any atom is -0.494 e. The third-order valence-corrected chi connectivity index (χ3v) is 5.63. The number of anilines is 1. The highest BCUT2D eigenvalue weighted by Gasteiger charge is 2.12. The average Bonchev–Trinajstić information content (AvgIpc) is 3.17. The lowest BCUT2D eigenvalue weighted by atomic mass is 10.1. The third kappa shape index (κ3) is 4.81. The van der Waals surface area contributed by atoms with E-state index in [4.69, 9.17) is 9.72 Å². The Morgan fingerprint density at radius 2 is 1.76 bits per heavy atom. The highest BCUT2D eigenvalue weighted by atomic mass is 32.1. The van der Waals surface area contributed by atoms with Crippen molar-refractivity contribution in [3.63, 3.8) is 0 Å². The van der Waals surface area contributed by atoms with Crippen molar-refractivity contribution in [1.82, 2.24) is 4.98 Å². The molecule has 4 rings (SSSR count). The molecule has 5 heteroatoms. The summed E-state index contributed by atoms with van der Waals surface area (Å²) in [6, 6.07) is 23.8. The molecule has 0 atom stereocenters. The molecular weight excluding hydrogens is 380 g/mol. The molecule has 0 aliphatic carbocycles. The summed E-state index contributed by atoms with van der Waals surface area (Å²) in [5.41, 5.74) is 3.90. The van der Waals surface area contributed by atoms with E-state index in [1.807, 2.05) is 73.7 Å². The van der Waals surface area contributed by atoms with Crippen LogP contribution in [0.25, 0.3) is 20.8 Å². The molecule has 1 aromatic heterocycles. The Labute approximate surface area is 174 Å². The third-order valence-electron chi connectivity index (χ3n) is 4.56. The van der Waals surface area contributed by atoms with Crippen LogP contribution < -0.4 is 10.1 Å². The number of aryl methyl sites for hydroxylation is 1.